The van der Waals surface area contributed by atoms with E-state index in [1.54, 1.807) is 12.1 Å². The van der Waals surface area contributed by atoms with Crippen LogP contribution in [0.15, 0.2) is 89.4 Å². The number of thiazole rings is 1. The molecule has 0 fully saturated rings. The van der Waals surface area contributed by atoms with Gasteiger partial charge in [-0.25, -0.2) is 14.4 Å². The van der Waals surface area contributed by atoms with Gasteiger partial charge < -0.3 is 9.88 Å². The zero-order chi connectivity index (χ0) is 23.3. The number of hydrogen-bond donors (Lipinski definition) is 1. The van der Waals surface area contributed by atoms with Crippen molar-refractivity contribution in [1.82, 2.24) is 14.5 Å². The third kappa shape index (κ3) is 5.18. The molecule has 0 aliphatic carbocycles. The van der Waals surface area contributed by atoms with Crippen LogP contribution in [-0.2, 0) is 17.8 Å². The highest BCUT2D eigenvalue weighted by Gasteiger charge is 2.14. The fourth-order valence-electron chi connectivity index (χ4n) is 3.64. The van der Waals surface area contributed by atoms with E-state index in [1.165, 1.54) is 40.8 Å². The second-order valence-electron chi connectivity index (χ2n) is 7.65. The van der Waals surface area contributed by atoms with E-state index in [0.29, 0.717) is 10.8 Å². The van der Waals surface area contributed by atoms with Gasteiger partial charge >= 0.3 is 0 Å². The van der Waals surface area contributed by atoms with Gasteiger partial charge in [0.05, 0.1) is 22.5 Å². The number of nitrogens with zero attached hydrogens (tertiary/aromatic N) is 3. The number of fused-ring (bicyclic) bond motifs is 1. The lowest BCUT2D eigenvalue weighted by atomic mass is 10.1. The first-order valence-corrected chi connectivity index (χ1v) is 12.7. The zero-order valence-corrected chi connectivity index (χ0v) is 19.8. The summed E-state index contributed by atoms with van der Waals surface area (Å²) in [5.74, 6) is -0.217. The molecule has 0 saturated carbocycles. The number of aryl methyl sites for hydroxylation is 2. The zero-order valence-electron chi connectivity index (χ0n) is 18.1. The third-order valence-corrected chi connectivity index (χ3v) is 7.04. The molecular weight excluding hydrogens is 467 g/mol. The minimum atomic E-state index is -0.292. The van der Waals surface area contributed by atoms with Gasteiger partial charge in [-0.3, -0.25) is 4.79 Å². The lowest BCUT2D eigenvalue weighted by molar-refractivity contribution is -0.113. The average molecular weight is 489 g/mol. The maximum atomic E-state index is 13.2. The van der Waals surface area contributed by atoms with Crippen LogP contribution in [0.1, 0.15) is 5.56 Å². The van der Waals surface area contributed by atoms with E-state index < -0.39 is 0 Å². The van der Waals surface area contributed by atoms with E-state index in [9.17, 15) is 9.18 Å². The minimum Gasteiger partial charge on any atom is -0.319 e. The molecule has 0 saturated heterocycles. The monoisotopic (exact) mass is 488 g/mol. The van der Waals surface area contributed by atoms with Crippen molar-refractivity contribution >= 4 is 45.2 Å². The molecule has 8 heteroatoms. The van der Waals surface area contributed by atoms with Crippen LogP contribution in [0.3, 0.4) is 0 Å². The van der Waals surface area contributed by atoms with Gasteiger partial charge in [0.25, 0.3) is 0 Å². The van der Waals surface area contributed by atoms with Crippen molar-refractivity contribution < 1.29 is 9.18 Å². The predicted molar refractivity (Wildman–Crippen MR) is 137 cm³/mol. The van der Waals surface area contributed by atoms with Crippen molar-refractivity contribution in [1.29, 1.82) is 0 Å². The summed E-state index contributed by atoms with van der Waals surface area (Å²) in [7, 11) is 0. The van der Waals surface area contributed by atoms with Gasteiger partial charge in [0.2, 0.25) is 5.91 Å². The van der Waals surface area contributed by atoms with Crippen LogP contribution in [0.25, 0.3) is 22.3 Å². The molecule has 5 aromatic rings. The van der Waals surface area contributed by atoms with Gasteiger partial charge in [-0.2, -0.15) is 0 Å². The molecule has 0 unspecified atom stereocenters. The van der Waals surface area contributed by atoms with Crippen molar-refractivity contribution in [3.8, 4) is 11.3 Å². The number of aromatic nitrogens is 3. The van der Waals surface area contributed by atoms with Crippen molar-refractivity contribution in [3.05, 3.63) is 95.6 Å². The van der Waals surface area contributed by atoms with Crippen LogP contribution < -0.4 is 5.32 Å². The first-order valence-electron chi connectivity index (χ1n) is 10.8. The molecule has 170 valence electrons. The number of nitrogens with one attached hydrogen (secondary N) is 1. The average Bonchev–Trinajstić information content (AvgIpc) is 3.47. The lowest BCUT2D eigenvalue weighted by Gasteiger charge is -2.09. The first-order chi connectivity index (χ1) is 16.7. The van der Waals surface area contributed by atoms with Gasteiger partial charge in [0.1, 0.15) is 5.82 Å². The molecule has 0 spiro atoms. The summed E-state index contributed by atoms with van der Waals surface area (Å²) in [6.45, 7) is 0.780. The molecule has 2 heterocycles. The fourth-order valence-corrected chi connectivity index (χ4v) is 5.21. The minimum absolute atomic E-state index is 0.147. The molecule has 5 nitrogen and oxygen atoms in total. The SMILES string of the molecule is O=C(CSc1nc2ccccc2n1CCc1ccccc1)Nc1nc(-c2ccc(F)cc2)cs1. The van der Waals surface area contributed by atoms with Crippen molar-refractivity contribution in [2.45, 2.75) is 18.1 Å². The molecule has 2 aromatic heterocycles. The van der Waals surface area contributed by atoms with Gasteiger partial charge in [0.15, 0.2) is 10.3 Å². The Hall–Kier alpha value is -3.49. The Morgan fingerprint density at radius 3 is 2.56 bits per heavy atom. The molecule has 5 rings (SSSR count). The summed E-state index contributed by atoms with van der Waals surface area (Å²) in [5, 5.41) is 6.04. The number of halogens is 1. The third-order valence-electron chi connectivity index (χ3n) is 5.31. The van der Waals surface area contributed by atoms with Crippen molar-refractivity contribution in [2.75, 3.05) is 11.1 Å². The molecule has 1 amide bonds. The Kier molecular flexibility index (Phi) is 6.69. The number of carbonyl (C=O) groups is 1. The Balaban J connectivity index is 1.25. The highest BCUT2D eigenvalue weighted by atomic mass is 32.2. The predicted octanol–water partition coefficient (Wildman–Crippen LogP) is 6.27. The molecule has 34 heavy (non-hydrogen) atoms. The van der Waals surface area contributed by atoms with Crippen LogP contribution in [-0.4, -0.2) is 26.2 Å². The Morgan fingerprint density at radius 1 is 0.971 bits per heavy atom. The number of hydrogen-bond acceptors (Lipinski definition) is 5. The number of anilines is 1. The van der Waals surface area contributed by atoms with E-state index >= 15 is 0 Å². The highest BCUT2D eigenvalue weighted by Crippen LogP contribution is 2.27. The summed E-state index contributed by atoms with van der Waals surface area (Å²) >= 11 is 2.76. The molecular formula is C26H21FN4OS2. The van der Waals surface area contributed by atoms with Gasteiger partial charge in [-0.1, -0.05) is 54.2 Å². The molecule has 0 aliphatic rings. The topological polar surface area (TPSA) is 59.8 Å². The highest BCUT2D eigenvalue weighted by molar-refractivity contribution is 7.99. The number of thioether (sulfide) groups is 1. The number of amides is 1. The van der Waals surface area contributed by atoms with Crippen LogP contribution in [0, 0.1) is 5.82 Å². The summed E-state index contributed by atoms with van der Waals surface area (Å²) in [6.07, 6.45) is 0.881. The molecule has 0 radical (unpaired) electrons. The maximum Gasteiger partial charge on any atom is 0.236 e. The van der Waals surface area contributed by atoms with E-state index in [0.717, 1.165) is 34.7 Å². The van der Waals surface area contributed by atoms with Gasteiger partial charge in [-0.15, -0.1) is 11.3 Å². The largest absolute Gasteiger partial charge is 0.319 e. The van der Waals surface area contributed by atoms with Gasteiger partial charge in [-0.05, 0) is 48.4 Å². The second-order valence-corrected chi connectivity index (χ2v) is 9.45. The fraction of sp³-hybridized carbons (Fsp3) is 0.115. The van der Waals surface area contributed by atoms with Crippen LogP contribution in [0.2, 0.25) is 0 Å². The molecule has 0 aliphatic heterocycles. The summed E-state index contributed by atoms with van der Waals surface area (Å²) in [5.41, 5.74) is 4.75. The molecule has 1 N–H and O–H groups in total. The molecule has 3 aromatic carbocycles. The number of imidazole rings is 1. The number of para-hydroxylation sites is 2. The number of carbonyl (C=O) groups excluding carboxylic acids is 1. The standard InChI is InChI=1S/C26H21FN4OS2/c27-20-12-10-19(11-13-20)22-16-33-25(28-22)30-24(32)17-34-26-29-21-8-4-5-9-23(21)31(26)15-14-18-6-2-1-3-7-18/h1-13,16H,14-15,17H2,(H,28,30,32). The lowest BCUT2D eigenvalue weighted by Crippen LogP contribution is -2.14. The van der Waals surface area contributed by atoms with Crippen molar-refractivity contribution in [3.63, 3.8) is 0 Å². The molecule has 0 bridgehead atoms. The van der Waals surface area contributed by atoms with Crippen LogP contribution in [0.4, 0.5) is 9.52 Å². The van der Waals surface area contributed by atoms with E-state index in [-0.39, 0.29) is 17.5 Å². The number of rotatable bonds is 8. The summed E-state index contributed by atoms with van der Waals surface area (Å²) in [4.78, 5) is 21.8. The van der Waals surface area contributed by atoms with E-state index in [1.807, 2.05) is 41.8 Å². The smallest absolute Gasteiger partial charge is 0.236 e. The summed E-state index contributed by atoms with van der Waals surface area (Å²) < 4.78 is 15.3. The Morgan fingerprint density at radius 2 is 1.74 bits per heavy atom. The quantitative estimate of drug-likeness (QED) is 0.262. The first kappa shape index (κ1) is 22.3. The normalized spacial score (nSPS) is 11.1. The van der Waals surface area contributed by atoms with Crippen LogP contribution in [0.5, 0.6) is 0 Å². The maximum absolute atomic E-state index is 13.2. The van der Waals surface area contributed by atoms with Crippen LogP contribution >= 0.6 is 23.1 Å². The Labute approximate surface area is 204 Å². The van der Waals surface area contributed by atoms with E-state index in [4.69, 9.17) is 4.98 Å². The summed E-state index contributed by atoms with van der Waals surface area (Å²) in [6, 6.07) is 24.5. The Bertz CT molecular complexity index is 1410. The number of benzene rings is 3. The molecule has 0 atom stereocenters. The second kappa shape index (κ2) is 10.2. The van der Waals surface area contributed by atoms with E-state index in [2.05, 4.69) is 33.1 Å². The van der Waals surface area contributed by atoms with Gasteiger partial charge in [0, 0.05) is 17.5 Å². The van der Waals surface area contributed by atoms with Crippen molar-refractivity contribution in [2.24, 2.45) is 0 Å².